The molecule has 0 bridgehead atoms. The molecule has 222 valence electrons. The van der Waals surface area contributed by atoms with Gasteiger partial charge in [-0.15, -0.1) is 0 Å². The van der Waals surface area contributed by atoms with Crippen molar-refractivity contribution in [3.8, 4) is 16.9 Å². The van der Waals surface area contributed by atoms with Gasteiger partial charge in [0.2, 0.25) is 0 Å². The molecule has 3 aromatic carbocycles. The third-order valence-electron chi connectivity index (χ3n) is 6.69. The van der Waals surface area contributed by atoms with Gasteiger partial charge >= 0.3 is 13.0 Å². The molecule has 0 spiro atoms. The fraction of sp³-hybridized carbons (Fsp3) is 0.250. The fourth-order valence-corrected chi connectivity index (χ4v) is 5.56. The van der Waals surface area contributed by atoms with Crippen LogP contribution < -0.4 is 20.3 Å². The van der Waals surface area contributed by atoms with Gasteiger partial charge in [0.1, 0.15) is 11.6 Å². The summed E-state index contributed by atoms with van der Waals surface area (Å²) in [5, 5.41) is 12.3. The Labute approximate surface area is 260 Å². The number of carbonyl (C=O) groups excluding carboxylic acids is 1. The van der Waals surface area contributed by atoms with E-state index in [9.17, 15) is 27.5 Å². The molecule has 0 radical (unpaired) electrons. The van der Waals surface area contributed by atoms with Gasteiger partial charge in [0.25, 0.3) is 5.91 Å². The SMILES string of the molecule is C=C1c2c(F)cccc2B(C(Cl)(Cl)Cl)N1c1ccc(-c2cc(C(=O)NC(CC)CO)ccc2Cl)cc1OCC(F)(F)F. The average Bonchev–Trinajstić information content (AvgIpc) is 3.23. The molecule has 1 aliphatic rings. The molecule has 1 amide bonds. The van der Waals surface area contributed by atoms with Crippen LogP contribution in [0.1, 0.15) is 29.3 Å². The molecule has 2 N–H and O–H groups in total. The normalized spacial score (nSPS) is 14.2. The van der Waals surface area contributed by atoms with E-state index in [-0.39, 0.29) is 45.4 Å². The molecule has 14 heteroatoms. The molecule has 0 saturated carbocycles. The number of nitrogens with zero attached hydrogens (tertiary/aromatic N) is 1. The van der Waals surface area contributed by atoms with Crippen molar-refractivity contribution >= 4 is 76.0 Å². The van der Waals surface area contributed by atoms with Crippen LogP contribution in [0.2, 0.25) is 5.02 Å². The predicted octanol–water partition coefficient (Wildman–Crippen LogP) is 7.19. The number of amides is 1. The van der Waals surface area contributed by atoms with Crippen molar-refractivity contribution in [2.45, 2.75) is 29.3 Å². The molecule has 0 aliphatic carbocycles. The van der Waals surface area contributed by atoms with E-state index in [1.54, 1.807) is 6.92 Å². The van der Waals surface area contributed by atoms with Crippen LogP contribution in [0.15, 0.2) is 61.2 Å². The number of hydrogen-bond donors (Lipinski definition) is 2. The summed E-state index contributed by atoms with van der Waals surface area (Å²) in [6.07, 6.45) is -4.20. The van der Waals surface area contributed by atoms with E-state index < -0.39 is 41.1 Å². The summed E-state index contributed by atoms with van der Waals surface area (Å²) in [4.78, 5) is 14.1. The van der Waals surface area contributed by atoms with E-state index in [0.717, 1.165) is 0 Å². The first kappa shape index (κ1) is 32.3. The molecule has 0 aromatic heterocycles. The van der Waals surface area contributed by atoms with Crippen LogP contribution in [0.3, 0.4) is 0 Å². The Bertz CT molecular complexity index is 1510. The first-order valence-electron chi connectivity index (χ1n) is 12.5. The fourth-order valence-electron chi connectivity index (χ4n) is 4.68. The number of aliphatic hydroxyl groups is 1. The van der Waals surface area contributed by atoms with Crippen LogP contribution in [0.25, 0.3) is 16.8 Å². The summed E-state index contributed by atoms with van der Waals surface area (Å²) in [6.45, 7) is 2.67. The minimum absolute atomic E-state index is 0.0266. The summed E-state index contributed by atoms with van der Waals surface area (Å²) in [6, 6.07) is 12.4. The van der Waals surface area contributed by atoms with Crippen LogP contribution in [-0.4, -0.2) is 47.0 Å². The maximum absolute atomic E-state index is 14.9. The highest BCUT2D eigenvalue weighted by atomic mass is 35.6. The van der Waals surface area contributed by atoms with Crippen LogP contribution in [0.5, 0.6) is 5.75 Å². The second-order valence-electron chi connectivity index (χ2n) is 9.51. The van der Waals surface area contributed by atoms with Crippen molar-refractivity contribution in [2.24, 2.45) is 0 Å². The molecular weight excluding hydrogens is 641 g/mol. The molecule has 1 unspecified atom stereocenters. The topological polar surface area (TPSA) is 61.8 Å². The number of ether oxygens (including phenoxy) is 1. The number of rotatable bonds is 8. The standard InChI is InChI=1S/C28H23BCl4F4N2O3/c1-3-18(13-40)38-26(41)17-7-9-21(30)19(11-17)16-8-10-23(24(12-16)42-14-27(35,36)37)39-15(2)25-20(5-4-6-22(25)34)29(39)28(31,32)33/h4-12,18,40H,2-3,13-14H2,1H3,(H,38,41). The van der Waals surface area contributed by atoms with Crippen LogP contribution in [-0.2, 0) is 0 Å². The highest BCUT2D eigenvalue weighted by Gasteiger charge is 2.52. The maximum atomic E-state index is 14.9. The van der Waals surface area contributed by atoms with Gasteiger partial charge in [0.05, 0.1) is 18.3 Å². The van der Waals surface area contributed by atoms with E-state index in [4.69, 9.17) is 51.1 Å². The molecule has 1 aliphatic heterocycles. The van der Waals surface area contributed by atoms with E-state index >= 15 is 0 Å². The van der Waals surface area contributed by atoms with Gasteiger partial charge in [0, 0.05) is 27.4 Å². The average molecular weight is 664 g/mol. The number of aliphatic hydroxyl groups excluding tert-OH is 1. The van der Waals surface area contributed by atoms with Crippen molar-refractivity contribution < 1.29 is 32.2 Å². The number of halogens is 8. The molecule has 42 heavy (non-hydrogen) atoms. The second-order valence-corrected chi connectivity index (χ2v) is 12.3. The van der Waals surface area contributed by atoms with Crippen LogP contribution in [0, 0.1) is 5.82 Å². The van der Waals surface area contributed by atoms with Gasteiger partial charge in [-0.3, -0.25) is 4.79 Å². The molecule has 5 nitrogen and oxygen atoms in total. The van der Waals surface area contributed by atoms with Gasteiger partial charge in [-0.05, 0) is 53.8 Å². The molecular formula is C28H23BCl4F4N2O3. The third-order valence-corrected chi connectivity index (χ3v) is 7.64. The first-order chi connectivity index (χ1) is 19.7. The van der Waals surface area contributed by atoms with Gasteiger partial charge in [0.15, 0.2) is 10.3 Å². The summed E-state index contributed by atoms with van der Waals surface area (Å²) < 4.78 is 58.0. The van der Waals surface area contributed by atoms with Crippen LogP contribution >= 0.6 is 46.4 Å². The number of carbonyl (C=O) groups is 1. The van der Waals surface area contributed by atoms with Crippen LogP contribution in [0.4, 0.5) is 23.2 Å². The molecule has 3 aromatic rings. The van der Waals surface area contributed by atoms with Gasteiger partial charge in [-0.2, -0.15) is 13.2 Å². The van der Waals surface area contributed by atoms with E-state index in [1.165, 1.54) is 59.4 Å². The number of alkyl halides is 6. The molecule has 0 fully saturated rings. The quantitative estimate of drug-likeness (QED) is 0.152. The summed E-state index contributed by atoms with van der Waals surface area (Å²) >= 11 is 25.4. The second kappa shape index (κ2) is 12.5. The zero-order chi connectivity index (χ0) is 31.0. The van der Waals surface area contributed by atoms with E-state index in [0.29, 0.717) is 17.5 Å². The van der Waals surface area contributed by atoms with Crippen molar-refractivity contribution in [1.29, 1.82) is 0 Å². The van der Waals surface area contributed by atoms with Gasteiger partial charge in [-0.25, -0.2) is 4.39 Å². The monoisotopic (exact) mass is 662 g/mol. The zero-order valence-electron chi connectivity index (χ0n) is 21.9. The lowest BCUT2D eigenvalue weighted by Gasteiger charge is -2.31. The Morgan fingerprint density at radius 1 is 1.14 bits per heavy atom. The van der Waals surface area contributed by atoms with E-state index in [2.05, 4.69) is 11.9 Å². The summed E-state index contributed by atoms with van der Waals surface area (Å²) in [5.74, 6) is -1.41. The minimum atomic E-state index is -4.70. The number of nitrogens with one attached hydrogen (secondary N) is 1. The Kier molecular flexibility index (Phi) is 9.64. The Hall–Kier alpha value is -2.63. The Balaban J connectivity index is 1.83. The number of anilines is 1. The lowest BCUT2D eigenvalue weighted by atomic mass is 9.57. The lowest BCUT2D eigenvalue weighted by Crippen LogP contribution is -2.51. The lowest BCUT2D eigenvalue weighted by molar-refractivity contribution is -0.153. The third kappa shape index (κ3) is 6.78. The Morgan fingerprint density at radius 3 is 2.48 bits per heavy atom. The minimum Gasteiger partial charge on any atom is -0.482 e. The molecule has 4 rings (SSSR count). The molecule has 1 atom stereocenters. The zero-order valence-corrected chi connectivity index (χ0v) is 24.9. The van der Waals surface area contributed by atoms with Gasteiger partial charge < -0.3 is 20.0 Å². The Morgan fingerprint density at radius 2 is 1.86 bits per heavy atom. The van der Waals surface area contributed by atoms with Crippen molar-refractivity contribution in [2.75, 3.05) is 18.0 Å². The summed E-state index contributed by atoms with van der Waals surface area (Å²) in [7, 11) is 0. The highest BCUT2D eigenvalue weighted by molar-refractivity contribution is 7.04. The van der Waals surface area contributed by atoms with E-state index in [1.807, 2.05) is 0 Å². The van der Waals surface area contributed by atoms with Crippen molar-refractivity contribution in [1.82, 2.24) is 5.32 Å². The number of fused-ring (bicyclic) bond motifs is 1. The highest BCUT2D eigenvalue weighted by Crippen LogP contribution is 2.46. The molecule has 0 saturated heterocycles. The first-order valence-corrected chi connectivity index (χ1v) is 14.1. The number of benzene rings is 3. The maximum Gasteiger partial charge on any atom is 0.422 e. The smallest absolute Gasteiger partial charge is 0.422 e. The predicted molar refractivity (Wildman–Crippen MR) is 161 cm³/mol. The van der Waals surface area contributed by atoms with Gasteiger partial charge in [-0.1, -0.05) is 78.1 Å². The van der Waals surface area contributed by atoms with Crippen molar-refractivity contribution in [3.05, 3.63) is 83.1 Å². The largest absolute Gasteiger partial charge is 0.482 e. The van der Waals surface area contributed by atoms with Crippen molar-refractivity contribution in [3.63, 3.8) is 0 Å². The summed E-state index contributed by atoms with van der Waals surface area (Å²) in [5.41, 5.74) is 1.24. The number of hydrogen-bond acceptors (Lipinski definition) is 4. The molecule has 1 heterocycles.